The zero-order valence-electron chi connectivity index (χ0n) is 17.2. The number of nitrogens with one attached hydrogen (secondary N) is 1. The lowest BCUT2D eigenvalue weighted by Gasteiger charge is -2.27. The number of carbonyl (C=O) groups excluding carboxylic acids is 2. The molecule has 3 heterocycles. The normalized spacial score (nSPS) is 19.5. The van der Waals surface area contributed by atoms with Crippen molar-refractivity contribution in [3.05, 3.63) is 52.2 Å². The number of thiophene rings is 1. The summed E-state index contributed by atoms with van der Waals surface area (Å²) >= 11 is 2.91. The number of aliphatic imine (C=N–C) groups is 2. The molecule has 0 fully saturated rings. The molecule has 1 aromatic heterocycles. The Kier molecular flexibility index (Phi) is 6.06. The number of para-hydroxylation sites is 1. The number of carbonyl (C=O) groups is 2. The molecule has 4 rings (SSSR count). The van der Waals surface area contributed by atoms with Gasteiger partial charge in [-0.3, -0.25) is 14.6 Å². The van der Waals surface area contributed by atoms with Crippen molar-refractivity contribution >= 4 is 51.6 Å². The average Bonchev–Trinajstić information content (AvgIpc) is 3.39. The van der Waals surface area contributed by atoms with Crippen molar-refractivity contribution in [1.29, 1.82) is 0 Å². The Morgan fingerprint density at radius 2 is 2.07 bits per heavy atom. The van der Waals surface area contributed by atoms with Gasteiger partial charge in [-0.2, -0.15) is 0 Å². The number of rotatable bonds is 6. The number of nitrogens with zero attached hydrogens (tertiary/aromatic N) is 3. The van der Waals surface area contributed by atoms with Gasteiger partial charge in [0.15, 0.2) is 5.17 Å². The van der Waals surface area contributed by atoms with E-state index in [0.717, 1.165) is 22.5 Å². The van der Waals surface area contributed by atoms with E-state index >= 15 is 0 Å². The summed E-state index contributed by atoms with van der Waals surface area (Å²) in [5.74, 6) is 0.634. The third kappa shape index (κ3) is 3.94. The van der Waals surface area contributed by atoms with Crippen LogP contribution in [0.3, 0.4) is 0 Å². The van der Waals surface area contributed by atoms with E-state index in [4.69, 9.17) is 9.98 Å². The monoisotopic (exact) mass is 440 g/mol. The maximum absolute atomic E-state index is 13.2. The molecule has 0 bridgehead atoms. The first-order chi connectivity index (χ1) is 14.5. The fourth-order valence-corrected chi connectivity index (χ4v) is 4.97. The molecule has 3 atom stereocenters. The molecule has 2 aliphatic heterocycles. The van der Waals surface area contributed by atoms with Crippen LogP contribution in [0.25, 0.3) is 0 Å². The second kappa shape index (κ2) is 8.73. The minimum absolute atomic E-state index is 0.0636. The van der Waals surface area contributed by atoms with Crippen molar-refractivity contribution in [1.82, 2.24) is 10.2 Å². The molecule has 0 saturated heterocycles. The van der Waals surface area contributed by atoms with Gasteiger partial charge in [-0.1, -0.05) is 50.2 Å². The highest BCUT2D eigenvalue weighted by Gasteiger charge is 2.43. The number of hydrogen-bond acceptors (Lipinski definition) is 6. The highest BCUT2D eigenvalue weighted by atomic mass is 32.2. The zero-order chi connectivity index (χ0) is 21.3. The lowest BCUT2D eigenvalue weighted by atomic mass is 10.00. The van der Waals surface area contributed by atoms with E-state index in [1.165, 1.54) is 11.8 Å². The SMILES string of the molecule is CCC(C)C1N=C2c3ccccc3N=C(SC(C)C(=O)NCc3cccs3)N2C1=O. The van der Waals surface area contributed by atoms with E-state index in [0.29, 0.717) is 17.5 Å². The van der Waals surface area contributed by atoms with Crippen LogP contribution >= 0.6 is 23.1 Å². The van der Waals surface area contributed by atoms with Crippen molar-refractivity contribution in [2.45, 2.75) is 45.0 Å². The topological polar surface area (TPSA) is 74.1 Å². The Morgan fingerprint density at radius 1 is 1.27 bits per heavy atom. The van der Waals surface area contributed by atoms with Crippen LogP contribution in [-0.4, -0.2) is 39.0 Å². The maximum Gasteiger partial charge on any atom is 0.259 e. The molecule has 156 valence electrons. The standard InChI is InChI=1S/C22H24N4O2S2/c1-4-13(2)18-21(28)26-19(25-18)16-9-5-6-10-17(16)24-22(26)30-14(3)20(27)23-12-15-8-7-11-29-15/h5-11,13-14,18H,4,12H2,1-3H3,(H,23,27). The number of amidine groups is 2. The third-order valence-electron chi connectivity index (χ3n) is 5.35. The second-order valence-corrected chi connectivity index (χ2v) is 9.77. The lowest BCUT2D eigenvalue weighted by Crippen LogP contribution is -2.43. The molecule has 8 heteroatoms. The summed E-state index contributed by atoms with van der Waals surface area (Å²) < 4.78 is 0. The molecule has 1 aromatic carbocycles. The van der Waals surface area contributed by atoms with Crippen LogP contribution in [0, 0.1) is 5.92 Å². The first-order valence-corrected chi connectivity index (χ1v) is 11.8. The number of benzene rings is 1. The van der Waals surface area contributed by atoms with Gasteiger partial charge in [0.1, 0.15) is 11.9 Å². The third-order valence-corrected chi connectivity index (χ3v) is 7.28. The Bertz CT molecular complexity index is 1020. The van der Waals surface area contributed by atoms with Crippen LogP contribution in [0.4, 0.5) is 5.69 Å². The predicted molar refractivity (Wildman–Crippen MR) is 123 cm³/mol. The van der Waals surface area contributed by atoms with Crippen LogP contribution in [0.15, 0.2) is 51.8 Å². The molecule has 0 radical (unpaired) electrons. The fraction of sp³-hybridized carbons (Fsp3) is 0.364. The van der Waals surface area contributed by atoms with Crippen molar-refractivity contribution in [3.63, 3.8) is 0 Å². The van der Waals surface area contributed by atoms with Crippen LogP contribution < -0.4 is 5.32 Å². The van der Waals surface area contributed by atoms with Gasteiger partial charge in [0, 0.05) is 10.4 Å². The first-order valence-electron chi connectivity index (χ1n) is 10.1. The number of amides is 2. The van der Waals surface area contributed by atoms with Gasteiger partial charge in [-0.05, 0) is 36.4 Å². The summed E-state index contributed by atoms with van der Waals surface area (Å²) in [6.45, 7) is 6.44. The minimum atomic E-state index is -0.412. The van der Waals surface area contributed by atoms with E-state index in [9.17, 15) is 9.59 Å². The molecule has 6 nitrogen and oxygen atoms in total. The zero-order valence-corrected chi connectivity index (χ0v) is 18.8. The van der Waals surface area contributed by atoms with Crippen molar-refractivity contribution in [3.8, 4) is 0 Å². The minimum Gasteiger partial charge on any atom is -0.350 e. The highest BCUT2D eigenvalue weighted by Crippen LogP contribution is 2.36. The summed E-state index contributed by atoms with van der Waals surface area (Å²) in [4.78, 5) is 38.0. The summed E-state index contributed by atoms with van der Waals surface area (Å²) in [5, 5.41) is 5.07. The molecule has 2 aromatic rings. The lowest BCUT2D eigenvalue weighted by molar-refractivity contribution is -0.125. The smallest absolute Gasteiger partial charge is 0.259 e. The molecule has 2 aliphatic rings. The fourth-order valence-electron chi connectivity index (χ4n) is 3.39. The number of thioether (sulfide) groups is 1. The molecule has 2 amide bonds. The van der Waals surface area contributed by atoms with E-state index in [-0.39, 0.29) is 17.7 Å². The van der Waals surface area contributed by atoms with Crippen molar-refractivity contribution in [2.24, 2.45) is 15.9 Å². The predicted octanol–water partition coefficient (Wildman–Crippen LogP) is 4.19. The average molecular weight is 441 g/mol. The van der Waals surface area contributed by atoms with Gasteiger partial charge >= 0.3 is 0 Å². The molecule has 0 aliphatic carbocycles. The summed E-state index contributed by atoms with van der Waals surface area (Å²) in [6, 6.07) is 11.2. The van der Waals surface area contributed by atoms with Crippen LogP contribution in [0.2, 0.25) is 0 Å². The van der Waals surface area contributed by atoms with Gasteiger partial charge in [0.05, 0.1) is 17.5 Å². The summed E-state index contributed by atoms with van der Waals surface area (Å²) in [7, 11) is 0. The molecule has 0 saturated carbocycles. The second-order valence-electron chi connectivity index (χ2n) is 7.43. The number of fused-ring (bicyclic) bond motifs is 3. The maximum atomic E-state index is 13.2. The molecule has 1 N–H and O–H groups in total. The molecule has 0 spiro atoms. The number of hydrogen-bond donors (Lipinski definition) is 1. The van der Waals surface area contributed by atoms with Crippen LogP contribution in [0.1, 0.15) is 37.6 Å². The van der Waals surface area contributed by atoms with Gasteiger partial charge in [-0.15, -0.1) is 11.3 Å². The van der Waals surface area contributed by atoms with E-state index < -0.39 is 11.3 Å². The molecule has 3 unspecified atom stereocenters. The Balaban J connectivity index is 1.56. The van der Waals surface area contributed by atoms with E-state index in [1.54, 1.807) is 16.2 Å². The Morgan fingerprint density at radius 3 is 2.80 bits per heavy atom. The summed E-state index contributed by atoms with van der Waals surface area (Å²) in [6.07, 6.45) is 0.865. The van der Waals surface area contributed by atoms with E-state index in [1.807, 2.05) is 55.6 Å². The summed E-state index contributed by atoms with van der Waals surface area (Å²) in [5.41, 5.74) is 1.63. The van der Waals surface area contributed by atoms with Gasteiger partial charge < -0.3 is 5.32 Å². The first kappa shape index (κ1) is 20.8. The van der Waals surface area contributed by atoms with Gasteiger partial charge in [0.2, 0.25) is 5.91 Å². The van der Waals surface area contributed by atoms with Crippen molar-refractivity contribution < 1.29 is 9.59 Å². The largest absolute Gasteiger partial charge is 0.350 e. The Labute approximate surface area is 184 Å². The van der Waals surface area contributed by atoms with Gasteiger partial charge in [0.25, 0.3) is 5.91 Å². The van der Waals surface area contributed by atoms with Crippen LogP contribution in [-0.2, 0) is 16.1 Å². The van der Waals surface area contributed by atoms with Crippen LogP contribution in [0.5, 0.6) is 0 Å². The Hall–Kier alpha value is -2.45. The quantitative estimate of drug-likeness (QED) is 0.732. The molecule has 30 heavy (non-hydrogen) atoms. The highest BCUT2D eigenvalue weighted by molar-refractivity contribution is 8.15. The van der Waals surface area contributed by atoms with Gasteiger partial charge in [-0.25, -0.2) is 9.89 Å². The van der Waals surface area contributed by atoms with E-state index in [2.05, 4.69) is 12.2 Å². The molecular formula is C22H24N4O2S2. The van der Waals surface area contributed by atoms with Crippen molar-refractivity contribution in [2.75, 3.05) is 0 Å². The molecular weight excluding hydrogens is 416 g/mol.